The molecule has 0 N–H and O–H groups in total. The first kappa shape index (κ1) is 17.2. The van der Waals surface area contributed by atoms with Crippen LogP contribution in [0, 0.1) is 17.3 Å². The van der Waals surface area contributed by atoms with Gasteiger partial charge in [-0.25, -0.2) is 0 Å². The highest BCUT2D eigenvalue weighted by molar-refractivity contribution is 5.69. The minimum Gasteiger partial charge on any atom is -0.462 e. The van der Waals surface area contributed by atoms with E-state index in [-0.39, 0.29) is 35.2 Å². The summed E-state index contributed by atoms with van der Waals surface area (Å²) in [4.78, 5) is 22.8. The normalized spacial score (nSPS) is 40.9. The molecule has 2 saturated carbocycles. The number of hydrogen-bond donors (Lipinski definition) is 0. The Hall–Kier alpha value is -1.88. The Morgan fingerprint density at radius 2 is 1.93 bits per heavy atom. The fraction of sp³-hybridized carbons (Fsp3) is 0.636. The third-order valence-corrected chi connectivity index (χ3v) is 7.53. The van der Waals surface area contributed by atoms with Gasteiger partial charge in [-0.05, 0) is 67.2 Å². The summed E-state index contributed by atoms with van der Waals surface area (Å²) in [5.41, 5.74) is 2.34. The number of epoxide rings is 1. The average Bonchev–Trinajstić information content (AvgIpc) is 3.20. The quantitative estimate of drug-likeness (QED) is 0.453. The molecule has 6 atom stereocenters. The highest BCUT2D eigenvalue weighted by Crippen LogP contribution is 2.71. The fourth-order valence-corrected chi connectivity index (χ4v) is 6.54. The van der Waals surface area contributed by atoms with E-state index in [0.717, 1.165) is 32.1 Å². The number of ether oxygens (including phenoxy) is 3. The van der Waals surface area contributed by atoms with E-state index in [2.05, 4.69) is 13.0 Å². The van der Waals surface area contributed by atoms with Crippen molar-refractivity contribution in [1.29, 1.82) is 0 Å². The molecule has 0 aromatic heterocycles. The van der Waals surface area contributed by atoms with Gasteiger partial charge >= 0.3 is 11.9 Å². The van der Waals surface area contributed by atoms with Gasteiger partial charge in [0.15, 0.2) is 0 Å². The monoisotopic (exact) mass is 370 g/mol. The van der Waals surface area contributed by atoms with Gasteiger partial charge in [-0.2, -0.15) is 0 Å². The van der Waals surface area contributed by atoms with E-state index in [9.17, 15) is 9.59 Å². The van der Waals surface area contributed by atoms with Crippen molar-refractivity contribution in [1.82, 2.24) is 0 Å². The Balaban J connectivity index is 1.48. The predicted molar refractivity (Wildman–Crippen MR) is 97.1 cm³/mol. The van der Waals surface area contributed by atoms with E-state index >= 15 is 0 Å². The molecule has 0 unspecified atom stereocenters. The van der Waals surface area contributed by atoms with Crippen LogP contribution in [0.2, 0.25) is 0 Å². The Morgan fingerprint density at radius 1 is 1.11 bits per heavy atom. The van der Waals surface area contributed by atoms with Crippen LogP contribution in [0.1, 0.15) is 57.6 Å². The topological polar surface area (TPSA) is 65.1 Å². The van der Waals surface area contributed by atoms with E-state index in [1.807, 2.05) is 12.1 Å². The lowest BCUT2D eigenvalue weighted by Gasteiger charge is -2.47. The molecule has 144 valence electrons. The van der Waals surface area contributed by atoms with Crippen molar-refractivity contribution in [3.8, 4) is 5.75 Å². The number of benzene rings is 1. The third kappa shape index (κ3) is 2.33. The number of hydrogen-bond acceptors (Lipinski definition) is 5. The molecule has 5 rings (SSSR count). The van der Waals surface area contributed by atoms with Crippen LogP contribution in [0.5, 0.6) is 5.75 Å². The van der Waals surface area contributed by atoms with Crippen LogP contribution in [0.25, 0.3) is 0 Å². The molecule has 3 fully saturated rings. The third-order valence-electron chi connectivity index (χ3n) is 7.53. The molecule has 0 amide bonds. The van der Waals surface area contributed by atoms with Gasteiger partial charge in [-0.1, -0.05) is 13.0 Å². The highest BCUT2D eigenvalue weighted by atomic mass is 16.6. The van der Waals surface area contributed by atoms with Crippen LogP contribution in [0.15, 0.2) is 18.2 Å². The zero-order valence-corrected chi connectivity index (χ0v) is 16.1. The zero-order valence-electron chi connectivity index (χ0n) is 16.1. The maximum Gasteiger partial charge on any atom is 0.308 e. The molecule has 1 saturated heterocycles. The van der Waals surface area contributed by atoms with Crippen LogP contribution < -0.4 is 4.74 Å². The second-order valence-corrected chi connectivity index (χ2v) is 8.95. The first-order valence-electron chi connectivity index (χ1n) is 10.0. The van der Waals surface area contributed by atoms with E-state index in [1.54, 1.807) is 0 Å². The lowest BCUT2D eigenvalue weighted by atomic mass is 9.55. The predicted octanol–water partition coefficient (Wildman–Crippen LogP) is 3.52. The van der Waals surface area contributed by atoms with Gasteiger partial charge in [-0.15, -0.1) is 0 Å². The van der Waals surface area contributed by atoms with E-state index in [0.29, 0.717) is 17.6 Å². The molecule has 1 aliphatic heterocycles. The van der Waals surface area contributed by atoms with Crippen molar-refractivity contribution in [2.45, 2.75) is 70.7 Å². The second-order valence-electron chi connectivity index (χ2n) is 8.95. The SMILES string of the molecule is CC(=O)Oc1ccc2c(c1)CC[C@H]1[C@H]3CC[C@H](OC(C)=O)[C@@]3(C)C[C@H]3O[C@]231. The molecule has 1 heterocycles. The maximum atomic E-state index is 11.6. The molecule has 27 heavy (non-hydrogen) atoms. The molecule has 0 bridgehead atoms. The minimum atomic E-state index is -0.293. The minimum absolute atomic E-state index is 0.00920. The van der Waals surface area contributed by atoms with Gasteiger partial charge in [0.05, 0.1) is 6.10 Å². The summed E-state index contributed by atoms with van der Waals surface area (Å²) >= 11 is 0. The summed E-state index contributed by atoms with van der Waals surface area (Å²) < 4.78 is 17.4. The van der Waals surface area contributed by atoms with Gasteiger partial charge in [0.1, 0.15) is 17.5 Å². The smallest absolute Gasteiger partial charge is 0.308 e. The Kier molecular flexibility index (Phi) is 3.55. The van der Waals surface area contributed by atoms with Crippen molar-refractivity contribution in [3.05, 3.63) is 29.3 Å². The van der Waals surface area contributed by atoms with E-state index < -0.39 is 0 Å². The number of aryl methyl sites for hydroxylation is 1. The van der Waals surface area contributed by atoms with Crippen LogP contribution >= 0.6 is 0 Å². The van der Waals surface area contributed by atoms with Crippen molar-refractivity contribution < 1.29 is 23.8 Å². The lowest BCUT2D eigenvalue weighted by Crippen LogP contribution is -2.49. The number of fused-ring (bicyclic) bond motifs is 3. The van der Waals surface area contributed by atoms with Crippen LogP contribution in [0.3, 0.4) is 0 Å². The van der Waals surface area contributed by atoms with E-state index in [1.165, 1.54) is 25.0 Å². The number of esters is 2. The number of carbonyl (C=O) groups excluding carboxylic acids is 2. The lowest BCUT2D eigenvalue weighted by molar-refractivity contribution is -0.154. The Labute approximate surface area is 159 Å². The van der Waals surface area contributed by atoms with Gasteiger partial charge in [-0.3, -0.25) is 9.59 Å². The molecular weight excluding hydrogens is 344 g/mol. The van der Waals surface area contributed by atoms with Gasteiger partial charge in [0.2, 0.25) is 0 Å². The molecule has 1 aromatic carbocycles. The zero-order chi connectivity index (χ0) is 19.0. The molecule has 1 spiro atoms. The van der Waals surface area contributed by atoms with Gasteiger partial charge < -0.3 is 14.2 Å². The molecule has 5 heteroatoms. The summed E-state index contributed by atoms with van der Waals surface area (Å²) in [6.07, 6.45) is 5.24. The summed E-state index contributed by atoms with van der Waals surface area (Å²) in [6, 6.07) is 5.99. The standard InChI is InChI=1S/C22H26O5/c1-12(23)25-15-5-7-16-14(10-15)4-6-18-17-8-9-19(26-13(2)24)21(17,3)11-20-22(16,18)27-20/h5,7,10,17-20H,4,6,8-9,11H2,1-3H3/t17-,18+,19+,20-,21+,22+/m1/s1. The average molecular weight is 370 g/mol. The molecule has 1 aromatic rings. The van der Waals surface area contributed by atoms with Gasteiger partial charge in [0, 0.05) is 19.3 Å². The summed E-state index contributed by atoms with van der Waals surface area (Å²) in [5.74, 6) is 1.13. The van der Waals surface area contributed by atoms with Crippen molar-refractivity contribution in [2.24, 2.45) is 17.3 Å². The fourth-order valence-electron chi connectivity index (χ4n) is 6.54. The molecule has 0 radical (unpaired) electrons. The largest absolute Gasteiger partial charge is 0.462 e. The highest BCUT2D eigenvalue weighted by Gasteiger charge is 2.74. The molecular formula is C22H26O5. The van der Waals surface area contributed by atoms with Crippen LogP contribution in [0.4, 0.5) is 0 Å². The van der Waals surface area contributed by atoms with Crippen molar-refractivity contribution >= 4 is 11.9 Å². The summed E-state index contributed by atoms with van der Waals surface area (Å²) in [7, 11) is 0. The van der Waals surface area contributed by atoms with Crippen LogP contribution in [-0.4, -0.2) is 24.1 Å². The number of rotatable bonds is 2. The van der Waals surface area contributed by atoms with E-state index in [4.69, 9.17) is 14.2 Å². The maximum absolute atomic E-state index is 11.6. The van der Waals surface area contributed by atoms with Crippen molar-refractivity contribution in [3.63, 3.8) is 0 Å². The van der Waals surface area contributed by atoms with Crippen molar-refractivity contribution in [2.75, 3.05) is 0 Å². The van der Waals surface area contributed by atoms with Crippen LogP contribution in [-0.2, 0) is 31.1 Å². The molecule has 5 nitrogen and oxygen atoms in total. The Morgan fingerprint density at radius 3 is 2.67 bits per heavy atom. The Bertz CT molecular complexity index is 832. The second kappa shape index (κ2) is 5.57. The molecule has 4 aliphatic rings. The number of carbonyl (C=O) groups is 2. The molecule has 3 aliphatic carbocycles. The first-order valence-corrected chi connectivity index (χ1v) is 10.0. The van der Waals surface area contributed by atoms with Gasteiger partial charge in [0.25, 0.3) is 0 Å². The summed E-state index contributed by atoms with van der Waals surface area (Å²) in [6.45, 7) is 5.23. The first-order chi connectivity index (χ1) is 12.8. The summed E-state index contributed by atoms with van der Waals surface area (Å²) in [5, 5.41) is 0.